The summed E-state index contributed by atoms with van der Waals surface area (Å²) in [7, 11) is 2.06. The van der Waals surface area contributed by atoms with Crippen LogP contribution in [0.2, 0.25) is 0 Å². The molecule has 0 radical (unpaired) electrons. The second-order valence-corrected chi connectivity index (χ2v) is 6.69. The second-order valence-electron chi connectivity index (χ2n) is 6.69. The molecule has 0 aromatic heterocycles. The molecule has 1 amide bonds. The first-order chi connectivity index (χ1) is 12.2. The van der Waals surface area contributed by atoms with Gasteiger partial charge in [-0.3, -0.25) is 4.79 Å². The molecule has 1 saturated heterocycles. The normalized spacial score (nSPS) is 22.6. The number of hydrogen-bond donors (Lipinski definition) is 1. The Morgan fingerprint density at radius 2 is 1.80 bits per heavy atom. The summed E-state index contributed by atoms with van der Waals surface area (Å²) in [4.78, 5) is 15.1. The van der Waals surface area contributed by atoms with Crippen LogP contribution in [0.5, 0.6) is 11.5 Å². The molecule has 130 valence electrons. The van der Waals surface area contributed by atoms with Crippen LogP contribution in [0.3, 0.4) is 0 Å². The fourth-order valence-corrected chi connectivity index (χ4v) is 3.66. The SMILES string of the molecule is CN1C[C@H](C(=O)Nc2ccc3c(c2)OCCO3)[C@@H](c2ccccc2)C1. The van der Waals surface area contributed by atoms with Crippen molar-refractivity contribution in [3.8, 4) is 11.5 Å². The topological polar surface area (TPSA) is 50.8 Å². The molecular weight excluding hydrogens is 316 g/mol. The van der Waals surface area contributed by atoms with Gasteiger partial charge in [-0.05, 0) is 24.7 Å². The molecule has 0 bridgehead atoms. The highest BCUT2D eigenvalue weighted by atomic mass is 16.6. The summed E-state index contributed by atoms with van der Waals surface area (Å²) in [5.41, 5.74) is 1.96. The molecule has 0 spiro atoms. The average Bonchev–Trinajstić information content (AvgIpc) is 3.04. The lowest BCUT2D eigenvalue weighted by Crippen LogP contribution is -2.28. The Morgan fingerprint density at radius 3 is 2.60 bits per heavy atom. The van der Waals surface area contributed by atoms with Crippen molar-refractivity contribution in [2.45, 2.75) is 5.92 Å². The Labute approximate surface area is 147 Å². The highest BCUT2D eigenvalue weighted by molar-refractivity contribution is 5.94. The average molecular weight is 338 g/mol. The minimum atomic E-state index is -0.0689. The zero-order valence-electron chi connectivity index (χ0n) is 14.3. The predicted molar refractivity (Wildman–Crippen MR) is 96.2 cm³/mol. The van der Waals surface area contributed by atoms with Gasteiger partial charge in [0.25, 0.3) is 0 Å². The number of carbonyl (C=O) groups excluding carboxylic acids is 1. The first-order valence-corrected chi connectivity index (χ1v) is 8.65. The van der Waals surface area contributed by atoms with Crippen LogP contribution in [0.1, 0.15) is 11.5 Å². The summed E-state index contributed by atoms with van der Waals surface area (Å²) in [6.45, 7) is 2.75. The number of likely N-dealkylation sites (N-methyl/N-ethyl adjacent to an activating group) is 1. The van der Waals surface area contributed by atoms with E-state index >= 15 is 0 Å². The third-order valence-corrected chi connectivity index (χ3v) is 4.88. The molecule has 1 fully saturated rings. The molecule has 2 aliphatic heterocycles. The lowest BCUT2D eigenvalue weighted by Gasteiger charge is -2.21. The van der Waals surface area contributed by atoms with E-state index < -0.39 is 0 Å². The Hall–Kier alpha value is -2.53. The maximum absolute atomic E-state index is 12.9. The monoisotopic (exact) mass is 338 g/mol. The van der Waals surface area contributed by atoms with E-state index in [9.17, 15) is 4.79 Å². The molecule has 5 nitrogen and oxygen atoms in total. The lowest BCUT2D eigenvalue weighted by molar-refractivity contribution is -0.119. The number of likely N-dealkylation sites (tertiary alicyclic amines) is 1. The van der Waals surface area contributed by atoms with Crippen LogP contribution in [-0.2, 0) is 4.79 Å². The van der Waals surface area contributed by atoms with Crippen molar-refractivity contribution in [3.05, 3.63) is 54.1 Å². The van der Waals surface area contributed by atoms with Gasteiger partial charge >= 0.3 is 0 Å². The van der Waals surface area contributed by atoms with E-state index in [2.05, 4.69) is 29.4 Å². The van der Waals surface area contributed by atoms with Gasteiger partial charge < -0.3 is 19.7 Å². The Kier molecular flexibility index (Phi) is 4.32. The summed E-state index contributed by atoms with van der Waals surface area (Å²) in [6.07, 6.45) is 0. The zero-order chi connectivity index (χ0) is 17.2. The van der Waals surface area contributed by atoms with E-state index in [0.717, 1.165) is 24.5 Å². The van der Waals surface area contributed by atoms with Gasteiger partial charge in [0.15, 0.2) is 11.5 Å². The number of nitrogens with zero attached hydrogens (tertiary/aromatic N) is 1. The molecule has 25 heavy (non-hydrogen) atoms. The van der Waals surface area contributed by atoms with Crippen molar-refractivity contribution in [1.82, 2.24) is 4.90 Å². The van der Waals surface area contributed by atoms with Gasteiger partial charge in [0.2, 0.25) is 5.91 Å². The van der Waals surface area contributed by atoms with Crippen LogP contribution in [-0.4, -0.2) is 44.2 Å². The van der Waals surface area contributed by atoms with E-state index in [4.69, 9.17) is 9.47 Å². The molecule has 0 aliphatic carbocycles. The van der Waals surface area contributed by atoms with Gasteiger partial charge in [-0.1, -0.05) is 30.3 Å². The Morgan fingerprint density at radius 1 is 1.04 bits per heavy atom. The van der Waals surface area contributed by atoms with E-state index in [1.807, 2.05) is 36.4 Å². The Bertz CT molecular complexity index is 763. The first kappa shape index (κ1) is 16.0. The molecule has 1 N–H and O–H groups in total. The minimum absolute atomic E-state index is 0.0508. The molecule has 2 aromatic carbocycles. The molecule has 4 rings (SSSR count). The van der Waals surface area contributed by atoms with Crippen molar-refractivity contribution in [2.75, 3.05) is 38.7 Å². The number of nitrogens with one attached hydrogen (secondary N) is 1. The number of hydrogen-bond acceptors (Lipinski definition) is 4. The molecule has 2 aliphatic rings. The van der Waals surface area contributed by atoms with Crippen LogP contribution in [0.4, 0.5) is 5.69 Å². The van der Waals surface area contributed by atoms with E-state index in [-0.39, 0.29) is 17.7 Å². The fraction of sp³-hybridized carbons (Fsp3) is 0.350. The molecule has 2 heterocycles. The smallest absolute Gasteiger partial charge is 0.229 e. The number of fused-ring (bicyclic) bond motifs is 1. The number of carbonyl (C=O) groups is 1. The molecule has 5 heteroatoms. The standard InChI is InChI=1S/C20H22N2O3/c1-22-12-16(14-5-3-2-4-6-14)17(13-22)20(23)21-15-7-8-18-19(11-15)25-10-9-24-18/h2-8,11,16-17H,9-10,12-13H2,1H3,(H,21,23)/t16-,17+/m1/s1. The fourth-order valence-electron chi connectivity index (χ4n) is 3.66. The maximum atomic E-state index is 12.9. The van der Waals surface area contributed by atoms with E-state index in [1.54, 1.807) is 0 Å². The van der Waals surface area contributed by atoms with Crippen LogP contribution >= 0.6 is 0 Å². The molecule has 2 aromatic rings. The maximum Gasteiger partial charge on any atom is 0.229 e. The van der Waals surface area contributed by atoms with Gasteiger partial charge in [0.05, 0.1) is 5.92 Å². The number of rotatable bonds is 3. The highest BCUT2D eigenvalue weighted by Crippen LogP contribution is 2.35. The molecular formula is C20H22N2O3. The highest BCUT2D eigenvalue weighted by Gasteiger charge is 2.37. The zero-order valence-corrected chi connectivity index (χ0v) is 14.3. The van der Waals surface area contributed by atoms with Gasteiger partial charge in [-0.2, -0.15) is 0 Å². The van der Waals surface area contributed by atoms with Crippen molar-refractivity contribution in [3.63, 3.8) is 0 Å². The van der Waals surface area contributed by atoms with Crippen molar-refractivity contribution < 1.29 is 14.3 Å². The molecule has 0 unspecified atom stereocenters. The quantitative estimate of drug-likeness (QED) is 0.935. The van der Waals surface area contributed by atoms with Crippen molar-refractivity contribution in [1.29, 1.82) is 0 Å². The number of benzene rings is 2. The first-order valence-electron chi connectivity index (χ1n) is 8.65. The van der Waals surface area contributed by atoms with Gasteiger partial charge in [-0.15, -0.1) is 0 Å². The number of anilines is 1. The predicted octanol–water partition coefficient (Wildman–Crippen LogP) is 2.74. The minimum Gasteiger partial charge on any atom is -0.486 e. The van der Waals surface area contributed by atoms with Gasteiger partial charge in [-0.25, -0.2) is 0 Å². The Balaban J connectivity index is 1.51. The summed E-state index contributed by atoms with van der Waals surface area (Å²) in [6, 6.07) is 15.8. The lowest BCUT2D eigenvalue weighted by atomic mass is 9.88. The van der Waals surface area contributed by atoms with Gasteiger partial charge in [0, 0.05) is 30.8 Å². The summed E-state index contributed by atoms with van der Waals surface area (Å²) < 4.78 is 11.1. The van der Waals surface area contributed by atoms with Crippen LogP contribution in [0, 0.1) is 5.92 Å². The van der Waals surface area contributed by atoms with E-state index in [1.165, 1.54) is 5.56 Å². The molecule has 0 saturated carbocycles. The summed E-state index contributed by atoms with van der Waals surface area (Å²) in [5, 5.41) is 3.05. The summed E-state index contributed by atoms with van der Waals surface area (Å²) >= 11 is 0. The summed E-state index contributed by atoms with van der Waals surface area (Å²) in [5.74, 6) is 1.61. The number of ether oxygens (including phenoxy) is 2. The molecule has 2 atom stereocenters. The van der Waals surface area contributed by atoms with Crippen LogP contribution in [0.25, 0.3) is 0 Å². The number of amides is 1. The second kappa shape index (κ2) is 6.76. The third kappa shape index (κ3) is 3.33. The van der Waals surface area contributed by atoms with Gasteiger partial charge in [0.1, 0.15) is 13.2 Å². The van der Waals surface area contributed by atoms with Crippen LogP contribution < -0.4 is 14.8 Å². The third-order valence-electron chi connectivity index (χ3n) is 4.88. The van der Waals surface area contributed by atoms with Crippen molar-refractivity contribution in [2.24, 2.45) is 5.92 Å². The van der Waals surface area contributed by atoms with Crippen molar-refractivity contribution >= 4 is 11.6 Å². The van der Waals surface area contributed by atoms with E-state index in [0.29, 0.717) is 19.0 Å². The largest absolute Gasteiger partial charge is 0.486 e. The van der Waals surface area contributed by atoms with Crippen LogP contribution in [0.15, 0.2) is 48.5 Å².